The van der Waals surface area contributed by atoms with Gasteiger partial charge in [-0.3, -0.25) is 10.1 Å². The molecular formula is C29H39N3O5. The molecule has 0 aliphatic rings. The van der Waals surface area contributed by atoms with Gasteiger partial charge in [0.1, 0.15) is 5.75 Å². The molecule has 0 N–H and O–H groups in total. The summed E-state index contributed by atoms with van der Waals surface area (Å²) in [5.41, 5.74) is 3.74. The lowest BCUT2D eigenvalue weighted by molar-refractivity contribution is -0.384. The zero-order valence-electron chi connectivity index (χ0n) is 22.3. The molecular weight excluding hydrogens is 470 g/mol. The van der Waals surface area contributed by atoms with Gasteiger partial charge in [-0.2, -0.15) is 10.2 Å². The van der Waals surface area contributed by atoms with Crippen LogP contribution in [0.5, 0.6) is 5.75 Å². The van der Waals surface area contributed by atoms with Crippen LogP contribution in [0.3, 0.4) is 0 Å². The van der Waals surface area contributed by atoms with Crippen LogP contribution in [0.2, 0.25) is 0 Å². The summed E-state index contributed by atoms with van der Waals surface area (Å²) in [6.45, 7) is 10.4. The van der Waals surface area contributed by atoms with Crippen LogP contribution in [0.1, 0.15) is 75.8 Å². The minimum absolute atomic E-state index is 0.0277. The minimum atomic E-state index is -0.438. The molecule has 0 saturated carbocycles. The first-order valence-corrected chi connectivity index (χ1v) is 13.0. The maximum Gasteiger partial charge on any atom is 0.333 e. The van der Waals surface area contributed by atoms with Crippen molar-refractivity contribution in [2.24, 2.45) is 10.2 Å². The Labute approximate surface area is 219 Å². The lowest BCUT2D eigenvalue weighted by atomic mass is 10.1. The molecule has 2 aromatic rings. The van der Waals surface area contributed by atoms with E-state index in [2.05, 4.69) is 16.8 Å². The first-order chi connectivity index (χ1) is 17.8. The zero-order valence-corrected chi connectivity index (χ0v) is 22.3. The van der Waals surface area contributed by atoms with Crippen LogP contribution >= 0.6 is 0 Å². The number of benzene rings is 2. The molecule has 0 bridgehead atoms. The molecule has 8 nitrogen and oxygen atoms in total. The van der Waals surface area contributed by atoms with E-state index in [9.17, 15) is 14.9 Å². The van der Waals surface area contributed by atoms with Crippen molar-refractivity contribution in [1.29, 1.82) is 0 Å². The van der Waals surface area contributed by atoms with E-state index in [1.54, 1.807) is 19.1 Å². The van der Waals surface area contributed by atoms with Gasteiger partial charge in [-0.1, -0.05) is 51.5 Å². The zero-order chi connectivity index (χ0) is 27.0. The molecule has 0 aliphatic heterocycles. The highest BCUT2D eigenvalue weighted by Gasteiger charge is 2.07. The summed E-state index contributed by atoms with van der Waals surface area (Å²) < 4.78 is 11.1. The molecule has 0 amide bonds. The Hall–Kier alpha value is -3.55. The summed E-state index contributed by atoms with van der Waals surface area (Å²) in [7, 11) is 0. The van der Waals surface area contributed by atoms with Gasteiger partial charge in [-0.15, -0.1) is 0 Å². The van der Waals surface area contributed by atoms with Gasteiger partial charge in [-0.05, 0) is 69.0 Å². The van der Waals surface area contributed by atoms with Crippen LogP contribution in [0.15, 0.2) is 58.8 Å². The number of nitrogens with zero attached hydrogens (tertiary/aromatic N) is 3. The normalized spacial score (nSPS) is 11.0. The van der Waals surface area contributed by atoms with Crippen molar-refractivity contribution >= 4 is 23.0 Å². The number of non-ortho nitro benzene ring substituents is 1. The van der Waals surface area contributed by atoms with Crippen LogP contribution in [0, 0.1) is 24.0 Å². The van der Waals surface area contributed by atoms with Gasteiger partial charge in [0.15, 0.2) is 0 Å². The second-order valence-corrected chi connectivity index (χ2v) is 9.32. The number of carbonyl (C=O) groups is 1. The summed E-state index contributed by atoms with van der Waals surface area (Å²) in [4.78, 5) is 21.6. The lowest BCUT2D eigenvalue weighted by Crippen LogP contribution is -2.05. The molecule has 37 heavy (non-hydrogen) atoms. The SMILES string of the molecule is C=C(C)C(=O)OCCCCCCCCCCCOc1cc(C)c(N=Nc2ccc([N+](=O)[O-])cc2)cc1C. The Morgan fingerprint density at radius 1 is 0.865 bits per heavy atom. The Morgan fingerprint density at radius 3 is 2.00 bits per heavy atom. The van der Waals surface area contributed by atoms with E-state index in [-0.39, 0.29) is 11.7 Å². The maximum atomic E-state index is 11.3. The average molecular weight is 510 g/mol. The van der Waals surface area contributed by atoms with Gasteiger partial charge in [0.25, 0.3) is 5.69 Å². The fourth-order valence-corrected chi connectivity index (χ4v) is 3.70. The predicted octanol–water partition coefficient (Wildman–Crippen LogP) is 8.64. The number of nitro groups is 1. The van der Waals surface area contributed by atoms with E-state index in [0.717, 1.165) is 48.2 Å². The molecule has 0 heterocycles. The van der Waals surface area contributed by atoms with Crippen molar-refractivity contribution in [1.82, 2.24) is 0 Å². The number of azo groups is 1. The highest BCUT2D eigenvalue weighted by atomic mass is 16.6. The summed E-state index contributed by atoms with van der Waals surface area (Å²) in [6, 6.07) is 9.92. The number of rotatable bonds is 17. The third-order valence-corrected chi connectivity index (χ3v) is 5.96. The second-order valence-electron chi connectivity index (χ2n) is 9.32. The van der Waals surface area contributed by atoms with Crippen LogP contribution in [0.4, 0.5) is 17.1 Å². The molecule has 200 valence electrons. The lowest BCUT2D eigenvalue weighted by Gasteiger charge is -2.11. The van der Waals surface area contributed by atoms with Crippen LogP contribution in [-0.4, -0.2) is 24.1 Å². The second kappa shape index (κ2) is 16.2. The van der Waals surface area contributed by atoms with Crippen LogP contribution in [0.25, 0.3) is 0 Å². The van der Waals surface area contributed by atoms with Gasteiger partial charge in [0, 0.05) is 17.7 Å². The summed E-state index contributed by atoms with van der Waals surface area (Å²) in [5.74, 6) is 0.565. The first kappa shape index (κ1) is 29.7. The number of carbonyl (C=O) groups excluding carboxylic acids is 1. The number of unbranched alkanes of at least 4 members (excludes halogenated alkanes) is 8. The molecule has 0 aliphatic carbocycles. The fraction of sp³-hybridized carbons (Fsp3) is 0.483. The summed E-state index contributed by atoms with van der Waals surface area (Å²) >= 11 is 0. The molecule has 2 aromatic carbocycles. The smallest absolute Gasteiger partial charge is 0.333 e. The van der Waals surface area contributed by atoms with E-state index in [4.69, 9.17) is 9.47 Å². The van der Waals surface area contributed by atoms with Gasteiger partial charge in [-0.25, -0.2) is 4.79 Å². The molecule has 0 spiro atoms. The van der Waals surface area contributed by atoms with Crippen molar-refractivity contribution in [3.8, 4) is 5.75 Å². The average Bonchev–Trinajstić information content (AvgIpc) is 2.87. The molecule has 0 atom stereocenters. The van der Waals surface area contributed by atoms with Crippen molar-refractivity contribution in [2.75, 3.05) is 13.2 Å². The van der Waals surface area contributed by atoms with E-state index < -0.39 is 4.92 Å². The third kappa shape index (κ3) is 11.4. The van der Waals surface area contributed by atoms with Gasteiger partial charge < -0.3 is 9.47 Å². The third-order valence-electron chi connectivity index (χ3n) is 5.96. The molecule has 0 fully saturated rings. The first-order valence-electron chi connectivity index (χ1n) is 13.0. The number of hydrogen-bond donors (Lipinski definition) is 0. The molecule has 0 radical (unpaired) electrons. The number of ether oxygens (including phenoxy) is 2. The molecule has 2 rings (SSSR count). The van der Waals surface area contributed by atoms with Gasteiger partial charge in [0.2, 0.25) is 0 Å². The van der Waals surface area contributed by atoms with Crippen LogP contribution in [-0.2, 0) is 9.53 Å². The number of esters is 1. The Kier molecular flexibility index (Phi) is 13.0. The predicted molar refractivity (Wildman–Crippen MR) is 146 cm³/mol. The van der Waals surface area contributed by atoms with E-state index in [0.29, 0.717) is 24.5 Å². The number of nitro benzene ring substituents is 1. The number of hydrogen-bond acceptors (Lipinski definition) is 7. The standard InChI is InChI=1S/C29H39N3O5/c1-22(2)29(33)37-19-13-11-9-7-5-6-8-10-12-18-36-28-21-23(3)27(20-24(28)4)31-30-25-14-16-26(17-15-25)32(34)35/h14-17,20-21H,1,5-13,18-19H2,2-4H3. The monoisotopic (exact) mass is 509 g/mol. The molecule has 0 aromatic heterocycles. The van der Waals surface area contributed by atoms with Crippen molar-refractivity contribution in [2.45, 2.75) is 78.6 Å². The van der Waals surface area contributed by atoms with Crippen molar-refractivity contribution in [3.05, 3.63) is 69.8 Å². The topological polar surface area (TPSA) is 103 Å². The van der Waals surface area contributed by atoms with Gasteiger partial charge >= 0.3 is 5.97 Å². The van der Waals surface area contributed by atoms with Crippen molar-refractivity contribution in [3.63, 3.8) is 0 Å². The Balaban J connectivity index is 1.59. The molecule has 8 heteroatoms. The minimum Gasteiger partial charge on any atom is -0.493 e. The Bertz CT molecular complexity index is 1060. The largest absolute Gasteiger partial charge is 0.493 e. The highest BCUT2D eigenvalue weighted by molar-refractivity contribution is 5.86. The van der Waals surface area contributed by atoms with E-state index in [1.165, 1.54) is 44.2 Å². The quantitative estimate of drug-likeness (QED) is 0.0530. The van der Waals surface area contributed by atoms with Crippen LogP contribution < -0.4 is 4.74 Å². The molecule has 0 unspecified atom stereocenters. The van der Waals surface area contributed by atoms with Gasteiger partial charge in [0.05, 0.1) is 29.5 Å². The van der Waals surface area contributed by atoms with E-state index in [1.807, 2.05) is 26.0 Å². The summed E-state index contributed by atoms with van der Waals surface area (Å²) in [6.07, 6.45) is 10.3. The number of aryl methyl sites for hydroxylation is 2. The fourth-order valence-electron chi connectivity index (χ4n) is 3.70. The Morgan fingerprint density at radius 2 is 1.43 bits per heavy atom. The highest BCUT2D eigenvalue weighted by Crippen LogP contribution is 2.30. The maximum absolute atomic E-state index is 11.3. The molecule has 0 saturated heterocycles. The van der Waals surface area contributed by atoms with E-state index >= 15 is 0 Å². The van der Waals surface area contributed by atoms with Crippen molar-refractivity contribution < 1.29 is 19.2 Å². The summed E-state index contributed by atoms with van der Waals surface area (Å²) in [5, 5.41) is 19.3.